The fourth-order valence-electron chi connectivity index (χ4n) is 2.68. The van der Waals surface area contributed by atoms with Gasteiger partial charge in [0.25, 0.3) is 11.5 Å². The van der Waals surface area contributed by atoms with E-state index < -0.39 is 5.91 Å². The molecular weight excluding hydrogens is 392 g/mol. The number of carbonyl (C=O) groups excluding carboxylic acids is 1. The molecule has 7 nitrogen and oxygen atoms in total. The van der Waals surface area contributed by atoms with Crippen molar-refractivity contribution in [3.63, 3.8) is 0 Å². The molecule has 0 saturated heterocycles. The van der Waals surface area contributed by atoms with Gasteiger partial charge in [-0.1, -0.05) is 29.8 Å². The number of benzene rings is 2. The molecule has 0 bridgehead atoms. The smallest absolute Gasteiger partial charge is 0.276 e. The number of ether oxygens (including phenoxy) is 1. The molecule has 0 radical (unpaired) electrons. The minimum Gasteiger partial charge on any atom is -0.492 e. The first kappa shape index (κ1) is 20.4. The highest BCUT2D eigenvalue weighted by Gasteiger charge is 2.14. The standard InChI is InChI=1S/C21H21ClN4O3/c1-25(2)19-10-8-15(22)14-18(19)23-21(28)17-9-11-20(27)26(24-17)12-13-29-16-6-4-3-5-7-16/h3-11,14H,12-13H2,1-2H3,(H,23,28). The van der Waals surface area contributed by atoms with Crippen molar-refractivity contribution in [2.24, 2.45) is 0 Å². The SMILES string of the molecule is CN(C)c1ccc(Cl)cc1NC(=O)c1ccc(=O)n(CCOc2ccccc2)n1. The molecule has 1 heterocycles. The number of aromatic nitrogens is 2. The van der Waals surface area contributed by atoms with Gasteiger partial charge in [-0.05, 0) is 36.4 Å². The Labute approximate surface area is 173 Å². The van der Waals surface area contributed by atoms with Gasteiger partial charge in [-0.2, -0.15) is 5.10 Å². The summed E-state index contributed by atoms with van der Waals surface area (Å²) in [7, 11) is 3.73. The highest BCUT2D eigenvalue weighted by atomic mass is 35.5. The van der Waals surface area contributed by atoms with E-state index in [0.29, 0.717) is 16.5 Å². The second-order valence-corrected chi connectivity index (χ2v) is 6.89. The minimum absolute atomic E-state index is 0.119. The number of nitrogens with one attached hydrogen (secondary N) is 1. The van der Waals surface area contributed by atoms with Crippen LogP contribution in [-0.4, -0.2) is 36.4 Å². The van der Waals surface area contributed by atoms with Crippen molar-refractivity contribution in [2.75, 3.05) is 30.9 Å². The Balaban J connectivity index is 1.73. The maximum Gasteiger partial charge on any atom is 0.276 e. The maximum atomic E-state index is 12.7. The summed E-state index contributed by atoms with van der Waals surface area (Å²) in [6, 6.07) is 17.2. The quantitative estimate of drug-likeness (QED) is 0.644. The first-order chi connectivity index (χ1) is 13.9. The van der Waals surface area contributed by atoms with Crippen LogP contribution in [0.15, 0.2) is 65.5 Å². The Kier molecular flexibility index (Phi) is 6.51. The van der Waals surface area contributed by atoms with Gasteiger partial charge in [0.15, 0.2) is 0 Å². The summed E-state index contributed by atoms with van der Waals surface area (Å²) in [4.78, 5) is 26.6. The molecule has 0 unspecified atom stereocenters. The van der Waals surface area contributed by atoms with Crippen LogP contribution >= 0.6 is 11.6 Å². The normalized spacial score (nSPS) is 10.4. The van der Waals surface area contributed by atoms with Gasteiger partial charge in [0.05, 0.1) is 17.9 Å². The molecule has 1 amide bonds. The van der Waals surface area contributed by atoms with Gasteiger partial charge in [0.2, 0.25) is 0 Å². The summed E-state index contributed by atoms with van der Waals surface area (Å²) in [5.41, 5.74) is 1.16. The Hall–Kier alpha value is -3.32. The number of rotatable bonds is 7. The zero-order chi connectivity index (χ0) is 20.8. The van der Waals surface area contributed by atoms with E-state index >= 15 is 0 Å². The maximum absolute atomic E-state index is 12.7. The Bertz CT molecular complexity index is 1050. The van der Waals surface area contributed by atoms with Gasteiger partial charge in [0.1, 0.15) is 18.1 Å². The van der Waals surface area contributed by atoms with E-state index in [1.807, 2.05) is 55.4 Å². The van der Waals surface area contributed by atoms with Gasteiger partial charge in [-0.3, -0.25) is 9.59 Å². The minimum atomic E-state index is -0.437. The van der Waals surface area contributed by atoms with Crippen molar-refractivity contribution < 1.29 is 9.53 Å². The Morgan fingerprint density at radius 2 is 1.90 bits per heavy atom. The summed E-state index contributed by atoms with van der Waals surface area (Å²) in [5, 5.41) is 7.47. The largest absolute Gasteiger partial charge is 0.492 e. The molecule has 0 spiro atoms. The van der Waals surface area contributed by atoms with Crippen LogP contribution in [-0.2, 0) is 6.54 Å². The molecule has 1 N–H and O–H groups in total. The molecule has 0 aliphatic rings. The first-order valence-corrected chi connectivity index (χ1v) is 9.36. The second kappa shape index (κ2) is 9.25. The third-order valence-corrected chi connectivity index (χ3v) is 4.34. The van der Waals surface area contributed by atoms with Crippen molar-refractivity contribution >= 4 is 28.9 Å². The van der Waals surface area contributed by atoms with E-state index in [4.69, 9.17) is 16.3 Å². The molecule has 0 fully saturated rings. The third kappa shape index (κ3) is 5.36. The molecular formula is C21H21ClN4O3. The fourth-order valence-corrected chi connectivity index (χ4v) is 2.85. The van der Waals surface area contributed by atoms with E-state index in [9.17, 15) is 9.59 Å². The number of anilines is 2. The number of amides is 1. The van der Waals surface area contributed by atoms with E-state index in [2.05, 4.69) is 10.4 Å². The highest BCUT2D eigenvalue weighted by molar-refractivity contribution is 6.31. The van der Waals surface area contributed by atoms with Crippen LogP contribution < -0.4 is 20.5 Å². The topological polar surface area (TPSA) is 76.5 Å². The first-order valence-electron chi connectivity index (χ1n) is 8.98. The second-order valence-electron chi connectivity index (χ2n) is 6.45. The van der Waals surface area contributed by atoms with E-state index in [-0.39, 0.29) is 24.4 Å². The lowest BCUT2D eigenvalue weighted by molar-refractivity contribution is 0.101. The Morgan fingerprint density at radius 1 is 1.14 bits per heavy atom. The van der Waals surface area contributed by atoms with Gasteiger partial charge < -0.3 is 15.0 Å². The van der Waals surface area contributed by atoms with Gasteiger partial charge in [0, 0.05) is 25.2 Å². The molecule has 150 valence electrons. The van der Waals surface area contributed by atoms with Crippen LogP contribution in [0, 0.1) is 0 Å². The summed E-state index contributed by atoms with van der Waals surface area (Å²) >= 11 is 6.06. The number of hydrogen-bond donors (Lipinski definition) is 1. The lowest BCUT2D eigenvalue weighted by Crippen LogP contribution is -2.28. The van der Waals surface area contributed by atoms with Crippen LogP contribution in [0.4, 0.5) is 11.4 Å². The van der Waals surface area contributed by atoms with Gasteiger partial charge >= 0.3 is 0 Å². The van der Waals surface area contributed by atoms with E-state index in [0.717, 1.165) is 5.69 Å². The molecule has 3 aromatic rings. The number of halogens is 1. The number of hydrogen-bond acceptors (Lipinski definition) is 5. The molecule has 0 aliphatic heterocycles. The molecule has 29 heavy (non-hydrogen) atoms. The summed E-state index contributed by atoms with van der Waals surface area (Å²) in [6.07, 6.45) is 0. The Morgan fingerprint density at radius 3 is 2.62 bits per heavy atom. The number of nitrogens with zero attached hydrogens (tertiary/aromatic N) is 3. The van der Waals surface area contributed by atoms with Gasteiger partial charge in [-0.15, -0.1) is 0 Å². The monoisotopic (exact) mass is 412 g/mol. The zero-order valence-electron chi connectivity index (χ0n) is 16.1. The van der Waals surface area contributed by atoms with Crippen molar-refractivity contribution in [3.8, 4) is 5.75 Å². The number of para-hydroxylation sites is 1. The van der Waals surface area contributed by atoms with Crippen LogP contribution in [0.5, 0.6) is 5.75 Å². The van der Waals surface area contributed by atoms with Gasteiger partial charge in [-0.25, -0.2) is 4.68 Å². The summed E-state index contributed by atoms with van der Waals surface area (Å²) in [5.74, 6) is 0.264. The predicted octanol–water partition coefficient (Wildman–Crippen LogP) is 3.29. The van der Waals surface area contributed by atoms with Crippen LogP contribution in [0.2, 0.25) is 5.02 Å². The van der Waals surface area contributed by atoms with Crippen LogP contribution in [0.3, 0.4) is 0 Å². The van der Waals surface area contributed by atoms with Crippen LogP contribution in [0.25, 0.3) is 0 Å². The van der Waals surface area contributed by atoms with Crippen molar-refractivity contribution in [3.05, 3.63) is 81.7 Å². The molecule has 0 atom stereocenters. The average Bonchev–Trinajstić information content (AvgIpc) is 2.70. The number of carbonyl (C=O) groups is 1. The zero-order valence-corrected chi connectivity index (χ0v) is 16.9. The van der Waals surface area contributed by atoms with E-state index in [1.54, 1.807) is 12.1 Å². The molecule has 8 heteroatoms. The fraction of sp³-hybridized carbons (Fsp3) is 0.190. The summed E-state index contributed by atoms with van der Waals surface area (Å²) in [6.45, 7) is 0.468. The summed E-state index contributed by atoms with van der Waals surface area (Å²) < 4.78 is 6.81. The lowest BCUT2D eigenvalue weighted by Gasteiger charge is -2.18. The van der Waals surface area contributed by atoms with Crippen molar-refractivity contribution in [2.45, 2.75) is 6.54 Å². The molecule has 1 aromatic heterocycles. The molecule has 3 rings (SSSR count). The third-order valence-electron chi connectivity index (χ3n) is 4.10. The molecule has 0 aliphatic carbocycles. The van der Waals surface area contributed by atoms with Crippen molar-refractivity contribution in [1.82, 2.24) is 9.78 Å². The average molecular weight is 413 g/mol. The predicted molar refractivity (Wildman–Crippen MR) is 114 cm³/mol. The van der Waals surface area contributed by atoms with Crippen LogP contribution in [0.1, 0.15) is 10.5 Å². The molecule has 2 aromatic carbocycles. The lowest BCUT2D eigenvalue weighted by atomic mass is 10.2. The van der Waals surface area contributed by atoms with E-state index in [1.165, 1.54) is 16.8 Å². The van der Waals surface area contributed by atoms with Crippen molar-refractivity contribution in [1.29, 1.82) is 0 Å². The molecule has 0 saturated carbocycles. The highest BCUT2D eigenvalue weighted by Crippen LogP contribution is 2.28.